The Labute approximate surface area is 136 Å². The number of hydrogen-bond donors (Lipinski definition) is 2. The SMILES string of the molecule is C[C@H]1OCCN[C@@H]1C(=O)NCc1ccc(N2CCCC2=O)cc1. The Morgan fingerprint density at radius 2 is 2.17 bits per heavy atom. The zero-order chi connectivity index (χ0) is 16.2. The van der Waals surface area contributed by atoms with Crippen LogP contribution in [0.2, 0.25) is 0 Å². The van der Waals surface area contributed by atoms with Gasteiger partial charge in [0.1, 0.15) is 6.04 Å². The summed E-state index contributed by atoms with van der Waals surface area (Å²) in [4.78, 5) is 25.7. The number of amides is 2. The highest BCUT2D eigenvalue weighted by Gasteiger charge is 2.28. The molecule has 2 aliphatic heterocycles. The van der Waals surface area contributed by atoms with E-state index in [2.05, 4.69) is 10.6 Å². The number of ether oxygens (including phenoxy) is 1. The van der Waals surface area contributed by atoms with Crippen molar-refractivity contribution in [3.05, 3.63) is 29.8 Å². The number of carbonyl (C=O) groups is 2. The van der Waals surface area contributed by atoms with Gasteiger partial charge in [-0.2, -0.15) is 0 Å². The van der Waals surface area contributed by atoms with Crippen molar-refractivity contribution < 1.29 is 14.3 Å². The lowest BCUT2D eigenvalue weighted by atomic mass is 10.1. The standard InChI is InChI=1S/C17H23N3O3/c1-12-16(18-8-10-23-12)17(22)19-11-13-4-6-14(7-5-13)20-9-2-3-15(20)21/h4-7,12,16,18H,2-3,8-11H2,1H3,(H,19,22)/t12-,16+/m1/s1. The summed E-state index contributed by atoms with van der Waals surface area (Å²) >= 11 is 0. The molecule has 0 spiro atoms. The highest BCUT2D eigenvalue weighted by molar-refractivity contribution is 5.95. The predicted octanol–water partition coefficient (Wildman–Crippen LogP) is 0.806. The minimum atomic E-state index is -0.301. The average molecular weight is 317 g/mol. The van der Waals surface area contributed by atoms with Crippen molar-refractivity contribution in [2.75, 3.05) is 24.6 Å². The fourth-order valence-electron chi connectivity index (χ4n) is 3.04. The molecule has 6 nitrogen and oxygen atoms in total. The number of morpholine rings is 1. The molecule has 0 aromatic heterocycles. The maximum atomic E-state index is 12.2. The Morgan fingerprint density at radius 3 is 2.83 bits per heavy atom. The Balaban J connectivity index is 1.54. The van der Waals surface area contributed by atoms with Gasteiger partial charge in [-0.3, -0.25) is 9.59 Å². The molecule has 124 valence electrons. The van der Waals surface area contributed by atoms with Gasteiger partial charge in [-0.15, -0.1) is 0 Å². The van der Waals surface area contributed by atoms with E-state index in [-0.39, 0.29) is 24.0 Å². The smallest absolute Gasteiger partial charge is 0.240 e. The molecular weight excluding hydrogens is 294 g/mol. The maximum absolute atomic E-state index is 12.2. The van der Waals surface area contributed by atoms with E-state index in [1.165, 1.54) is 0 Å². The van der Waals surface area contributed by atoms with Gasteiger partial charge in [0.2, 0.25) is 11.8 Å². The fourth-order valence-corrected chi connectivity index (χ4v) is 3.04. The van der Waals surface area contributed by atoms with Gasteiger partial charge in [0.15, 0.2) is 0 Å². The molecule has 3 rings (SSSR count). The molecule has 0 bridgehead atoms. The number of nitrogens with one attached hydrogen (secondary N) is 2. The molecule has 0 unspecified atom stereocenters. The van der Waals surface area contributed by atoms with Crippen molar-refractivity contribution >= 4 is 17.5 Å². The summed E-state index contributed by atoms with van der Waals surface area (Å²) in [5.74, 6) is 0.138. The van der Waals surface area contributed by atoms with Crippen LogP contribution in [0.5, 0.6) is 0 Å². The minimum Gasteiger partial charge on any atom is -0.375 e. The van der Waals surface area contributed by atoms with Gasteiger partial charge >= 0.3 is 0 Å². The van der Waals surface area contributed by atoms with Crippen molar-refractivity contribution in [1.82, 2.24) is 10.6 Å². The van der Waals surface area contributed by atoms with E-state index in [0.29, 0.717) is 26.1 Å². The van der Waals surface area contributed by atoms with Crippen LogP contribution in [-0.2, 0) is 20.9 Å². The van der Waals surface area contributed by atoms with Crippen LogP contribution in [0.25, 0.3) is 0 Å². The van der Waals surface area contributed by atoms with Crippen molar-refractivity contribution in [2.45, 2.75) is 38.5 Å². The van der Waals surface area contributed by atoms with Crippen LogP contribution in [0.15, 0.2) is 24.3 Å². The quantitative estimate of drug-likeness (QED) is 0.862. The van der Waals surface area contributed by atoms with E-state index in [4.69, 9.17) is 4.74 Å². The Bertz CT molecular complexity index is 573. The van der Waals surface area contributed by atoms with Crippen molar-refractivity contribution in [3.8, 4) is 0 Å². The lowest BCUT2D eigenvalue weighted by Crippen LogP contribution is -2.55. The summed E-state index contributed by atoms with van der Waals surface area (Å²) in [6, 6.07) is 7.49. The molecule has 2 atom stereocenters. The molecule has 2 saturated heterocycles. The van der Waals surface area contributed by atoms with Crippen LogP contribution in [0, 0.1) is 0 Å². The molecule has 2 aliphatic rings. The van der Waals surface area contributed by atoms with Gasteiger partial charge in [-0.25, -0.2) is 0 Å². The van der Waals surface area contributed by atoms with Gasteiger partial charge < -0.3 is 20.3 Å². The highest BCUT2D eigenvalue weighted by atomic mass is 16.5. The summed E-state index contributed by atoms with van der Waals surface area (Å²) in [6.45, 7) is 4.50. The molecule has 0 saturated carbocycles. The second-order valence-corrected chi connectivity index (χ2v) is 6.04. The minimum absolute atomic E-state index is 0.0454. The molecule has 1 aromatic rings. The van der Waals surface area contributed by atoms with Gasteiger partial charge in [0.05, 0.1) is 12.7 Å². The summed E-state index contributed by atoms with van der Waals surface area (Å²) in [6.07, 6.45) is 1.44. The fraction of sp³-hybridized carbons (Fsp3) is 0.529. The van der Waals surface area contributed by atoms with E-state index in [9.17, 15) is 9.59 Å². The molecule has 2 fully saturated rings. The first-order chi connectivity index (χ1) is 11.1. The van der Waals surface area contributed by atoms with E-state index in [1.54, 1.807) is 0 Å². The van der Waals surface area contributed by atoms with E-state index < -0.39 is 0 Å². The first-order valence-electron chi connectivity index (χ1n) is 8.17. The molecule has 0 radical (unpaired) electrons. The van der Waals surface area contributed by atoms with E-state index >= 15 is 0 Å². The van der Waals surface area contributed by atoms with Gasteiger partial charge in [-0.05, 0) is 31.0 Å². The summed E-state index contributed by atoms with van der Waals surface area (Å²) in [7, 11) is 0. The lowest BCUT2D eigenvalue weighted by molar-refractivity contribution is -0.129. The third kappa shape index (κ3) is 3.71. The first-order valence-corrected chi connectivity index (χ1v) is 8.17. The highest BCUT2D eigenvalue weighted by Crippen LogP contribution is 2.21. The van der Waals surface area contributed by atoms with Crippen LogP contribution < -0.4 is 15.5 Å². The molecule has 2 amide bonds. The third-order valence-corrected chi connectivity index (χ3v) is 4.39. The summed E-state index contributed by atoms with van der Waals surface area (Å²) in [5.41, 5.74) is 1.94. The first kappa shape index (κ1) is 16.0. The second kappa shape index (κ2) is 7.10. The van der Waals surface area contributed by atoms with Crippen LogP contribution in [0.3, 0.4) is 0 Å². The number of rotatable bonds is 4. The van der Waals surface area contributed by atoms with Crippen LogP contribution in [-0.4, -0.2) is 43.7 Å². The zero-order valence-corrected chi connectivity index (χ0v) is 13.4. The van der Waals surface area contributed by atoms with E-state index in [0.717, 1.165) is 24.2 Å². The van der Waals surface area contributed by atoms with Gasteiger partial charge in [0, 0.05) is 31.7 Å². The molecule has 2 heterocycles. The monoisotopic (exact) mass is 317 g/mol. The molecule has 23 heavy (non-hydrogen) atoms. The predicted molar refractivity (Wildman–Crippen MR) is 87.1 cm³/mol. The Kier molecular flexibility index (Phi) is 4.93. The van der Waals surface area contributed by atoms with Crippen molar-refractivity contribution in [2.24, 2.45) is 0 Å². The normalized spacial score (nSPS) is 24.7. The third-order valence-electron chi connectivity index (χ3n) is 4.39. The summed E-state index contributed by atoms with van der Waals surface area (Å²) in [5, 5.41) is 6.11. The largest absolute Gasteiger partial charge is 0.375 e. The number of benzene rings is 1. The van der Waals surface area contributed by atoms with Gasteiger partial charge in [0.25, 0.3) is 0 Å². The number of carbonyl (C=O) groups excluding carboxylic acids is 2. The Morgan fingerprint density at radius 1 is 1.39 bits per heavy atom. The Hall–Kier alpha value is -1.92. The molecule has 0 aliphatic carbocycles. The maximum Gasteiger partial charge on any atom is 0.240 e. The lowest BCUT2D eigenvalue weighted by Gasteiger charge is -2.29. The van der Waals surface area contributed by atoms with Gasteiger partial charge in [-0.1, -0.05) is 12.1 Å². The summed E-state index contributed by atoms with van der Waals surface area (Å²) < 4.78 is 5.49. The topological polar surface area (TPSA) is 70.7 Å². The number of hydrogen-bond acceptors (Lipinski definition) is 4. The zero-order valence-electron chi connectivity index (χ0n) is 13.4. The molecular formula is C17H23N3O3. The van der Waals surface area contributed by atoms with Crippen molar-refractivity contribution in [1.29, 1.82) is 0 Å². The van der Waals surface area contributed by atoms with Crippen LogP contribution in [0.4, 0.5) is 5.69 Å². The van der Waals surface area contributed by atoms with Crippen LogP contribution >= 0.6 is 0 Å². The number of nitrogens with zero attached hydrogens (tertiary/aromatic N) is 1. The van der Waals surface area contributed by atoms with E-state index in [1.807, 2.05) is 36.1 Å². The second-order valence-electron chi connectivity index (χ2n) is 6.04. The average Bonchev–Trinajstić information content (AvgIpc) is 2.99. The number of anilines is 1. The molecule has 1 aromatic carbocycles. The molecule has 6 heteroatoms. The van der Waals surface area contributed by atoms with Crippen LogP contribution in [0.1, 0.15) is 25.3 Å². The van der Waals surface area contributed by atoms with Crippen molar-refractivity contribution in [3.63, 3.8) is 0 Å². The molecule has 2 N–H and O–H groups in total.